The topological polar surface area (TPSA) is 60.2 Å². The number of benzene rings is 1. The van der Waals surface area contributed by atoms with Crippen molar-refractivity contribution in [2.24, 2.45) is 0 Å². The van der Waals surface area contributed by atoms with E-state index in [1.807, 2.05) is 13.0 Å². The van der Waals surface area contributed by atoms with Crippen LogP contribution in [0.15, 0.2) is 30.3 Å². The molecule has 3 heterocycles. The molecule has 3 aromatic rings. The summed E-state index contributed by atoms with van der Waals surface area (Å²) in [6.45, 7) is 3.03. The average molecular weight is 365 g/mol. The normalized spacial score (nSPS) is 12.7. The Morgan fingerprint density at radius 1 is 1.23 bits per heavy atom. The summed E-state index contributed by atoms with van der Waals surface area (Å²) in [5.41, 5.74) is 3.60. The van der Waals surface area contributed by atoms with E-state index in [4.69, 9.17) is 9.84 Å². The van der Waals surface area contributed by atoms with Gasteiger partial charge in [0, 0.05) is 12.0 Å². The van der Waals surface area contributed by atoms with Gasteiger partial charge in [0.1, 0.15) is 17.4 Å². The largest absolute Gasteiger partial charge is 0.395 e. The zero-order chi connectivity index (χ0) is 17.9. The molecule has 0 fully saturated rings. The van der Waals surface area contributed by atoms with Crippen molar-refractivity contribution in [1.82, 2.24) is 14.8 Å². The summed E-state index contributed by atoms with van der Waals surface area (Å²) in [4.78, 5) is 1.02. The maximum absolute atomic E-state index is 9.05. The highest BCUT2D eigenvalue weighted by molar-refractivity contribution is 7.15. The Labute approximate surface area is 156 Å². The van der Waals surface area contributed by atoms with Gasteiger partial charge < -0.3 is 9.84 Å². The first-order valence-corrected chi connectivity index (χ1v) is 9.36. The maximum Gasteiger partial charge on any atom is 0.164 e. The molecule has 6 heteroatoms. The minimum absolute atomic E-state index is 0.0733. The van der Waals surface area contributed by atoms with Crippen LogP contribution in [0.1, 0.15) is 39.6 Å². The van der Waals surface area contributed by atoms with Gasteiger partial charge in [0.05, 0.1) is 18.1 Å². The summed E-state index contributed by atoms with van der Waals surface area (Å²) < 4.78 is 7.96. The highest BCUT2D eigenvalue weighted by Gasteiger charge is 2.25. The third kappa shape index (κ3) is 3.17. The predicted octanol–water partition coefficient (Wildman–Crippen LogP) is 2.99. The molecular formula is C20H19N3O2S. The van der Waals surface area contributed by atoms with E-state index in [1.54, 1.807) is 11.3 Å². The molecule has 0 amide bonds. The molecule has 132 valence electrons. The highest BCUT2D eigenvalue weighted by atomic mass is 32.1. The fraction of sp³-hybridized carbons (Fsp3) is 0.300. The third-order valence-corrected chi connectivity index (χ3v) is 5.51. The van der Waals surface area contributed by atoms with Gasteiger partial charge in [-0.1, -0.05) is 42.2 Å². The molecule has 0 saturated carbocycles. The van der Waals surface area contributed by atoms with Crippen molar-refractivity contribution in [3.05, 3.63) is 63.5 Å². The second-order valence-electron chi connectivity index (χ2n) is 6.12. The van der Waals surface area contributed by atoms with Crippen LogP contribution in [0, 0.1) is 18.8 Å². The van der Waals surface area contributed by atoms with Crippen LogP contribution < -0.4 is 0 Å². The smallest absolute Gasteiger partial charge is 0.164 e. The number of aromatic nitrogens is 3. The molecule has 0 unspecified atom stereocenters. The third-order valence-electron chi connectivity index (χ3n) is 4.33. The van der Waals surface area contributed by atoms with E-state index in [-0.39, 0.29) is 6.61 Å². The number of nitrogens with zero attached hydrogens (tertiary/aromatic N) is 3. The number of aliphatic hydroxyl groups is 1. The zero-order valence-corrected chi connectivity index (χ0v) is 15.3. The number of fused-ring (bicyclic) bond motifs is 3. The number of hydrogen-bond donors (Lipinski definition) is 1. The zero-order valence-electron chi connectivity index (χ0n) is 14.5. The number of aryl methyl sites for hydroxylation is 1. The van der Waals surface area contributed by atoms with Crippen molar-refractivity contribution in [3.63, 3.8) is 0 Å². The first-order chi connectivity index (χ1) is 12.8. The molecule has 4 rings (SSSR count). The lowest BCUT2D eigenvalue weighted by Crippen LogP contribution is -2.00. The molecule has 1 aliphatic rings. The molecule has 0 radical (unpaired) electrons. The van der Waals surface area contributed by atoms with Gasteiger partial charge >= 0.3 is 0 Å². The number of hydrogen-bond acceptors (Lipinski definition) is 5. The van der Waals surface area contributed by atoms with Crippen molar-refractivity contribution in [3.8, 4) is 16.8 Å². The van der Waals surface area contributed by atoms with Crippen LogP contribution in [0.3, 0.4) is 0 Å². The summed E-state index contributed by atoms with van der Waals surface area (Å²) in [6.07, 6.45) is 1.27. The second-order valence-corrected chi connectivity index (χ2v) is 7.12. The standard InChI is InChI=1S/C20H19N3O2S/c1-14-21-22-19-13-25-12-17-16(11-15-7-3-2-4-8-15)18(9-5-6-10-24)26-20(17)23(14)19/h2-4,7-8,24H,6,10-13H2,1H3. The Kier molecular flexibility index (Phi) is 4.85. The van der Waals surface area contributed by atoms with E-state index >= 15 is 0 Å². The Morgan fingerprint density at radius 3 is 2.88 bits per heavy atom. The minimum Gasteiger partial charge on any atom is -0.395 e. The Balaban J connectivity index is 1.85. The number of rotatable bonds is 3. The lowest BCUT2D eigenvalue weighted by molar-refractivity contribution is 0.104. The number of aliphatic hydroxyl groups excluding tert-OH is 1. The van der Waals surface area contributed by atoms with Crippen LogP contribution in [-0.2, 0) is 24.4 Å². The molecule has 0 atom stereocenters. The van der Waals surface area contributed by atoms with E-state index in [1.165, 1.54) is 11.1 Å². The molecule has 1 aromatic carbocycles. The fourth-order valence-electron chi connectivity index (χ4n) is 3.11. The molecule has 0 bridgehead atoms. The van der Waals surface area contributed by atoms with Gasteiger partial charge in [-0.2, -0.15) is 0 Å². The van der Waals surface area contributed by atoms with Gasteiger partial charge in [0.2, 0.25) is 0 Å². The van der Waals surface area contributed by atoms with Crippen molar-refractivity contribution < 1.29 is 9.84 Å². The molecule has 1 aliphatic heterocycles. The van der Waals surface area contributed by atoms with Gasteiger partial charge in [-0.15, -0.1) is 21.5 Å². The van der Waals surface area contributed by atoms with Crippen LogP contribution in [0.5, 0.6) is 0 Å². The van der Waals surface area contributed by atoms with Crippen molar-refractivity contribution in [2.75, 3.05) is 6.61 Å². The van der Waals surface area contributed by atoms with Crippen LogP contribution in [-0.4, -0.2) is 26.5 Å². The Bertz CT molecular complexity index is 980. The SMILES string of the molecule is Cc1nnc2n1-c1sc(C#CCCO)c(Cc3ccccc3)c1COC2. The molecule has 0 spiro atoms. The lowest BCUT2D eigenvalue weighted by Gasteiger charge is -2.06. The van der Waals surface area contributed by atoms with Crippen LogP contribution in [0.25, 0.3) is 5.00 Å². The molecule has 1 N–H and O–H groups in total. The van der Waals surface area contributed by atoms with Crippen molar-refractivity contribution in [1.29, 1.82) is 0 Å². The van der Waals surface area contributed by atoms with E-state index in [0.717, 1.165) is 33.5 Å². The summed E-state index contributed by atoms with van der Waals surface area (Å²) in [6, 6.07) is 10.4. The van der Waals surface area contributed by atoms with Gasteiger partial charge in [-0.3, -0.25) is 4.57 Å². The molecule has 2 aromatic heterocycles. The predicted molar refractivity (Wildman–Crippen MR) is 100 cm³/mol. The summed E-state index contributed by atoms with van der Waals surface area (Å²) in [7, 11) is 0. The number of thiophene rings is 1. The summed E-state index contributed by atoms with van der Waals surface area (Å²) in [5, 5.41) is 18.6. The van der Waals surface area contributed by atoms with E-state index in [0.29, 0.717) is 19.6 Å². The Hall–Kier alpha value is -2.46. The van der Waals surface area contributed by atoms with E-state index < -0.39 is 0 Å². The van der Waals surface area contributed by atoms with Crippen molar-refractivity contribution >= 4 is 11.3 Å². The second kappa shape index (κ2) is 7.42. The van der Waals surface area contributed by atoms with Crippen LogP contribution >= 0.6 is 11.3 Å². The quantitative estimate of drug-likeness (QED) is 0.725. The molecular weight excluding hydrogens is 346 g/mol. The average Bonchev–Trinajstić information content (AvgIpc) is 3.11. The van der Waals surface area contributed by atoms with Gasteiger partial charge in [0.15, 0.2) is 5.82 Å². The van der Waals surface area contributed by atoms with Gasteiger partial charge in [-0.25, -0.2) is 0 Å². The first kappa shape index (κ1) is 17.0. The monoisotopic (exact) mass is 365 g/mol. The van der Waals surface area contributed by atoms with Crippen LogP contribution in [0.4, 0.5) is 0 Å². The van der Waals surface area contributed by atoms with Crippen molar-refractivity contribution in [2.45, 2.75) is 33.0 Å². The van der Waals surface area contributed by atoms with Crippen LogP contribution in [0.2, 0.25) is 0 Å². The first-order valence-electron chi connectivity index (χ1n) is 8.55. The van der Waals surface area contributed by atoms with E-state index in [9.17, 15) is 0 Å². The number of ether oxygens (including phenoxy) is 1. The minimum atomic E-state index is 0.0733. The lowest BCUT2D eigenvalue weighted by atomic mass is 10.0. The summed E-state index contributed by atoms with van der Waals surface area (Å²) in [5.74, 6) is 8.00. The molecule has 26 heavy (non-hydrogen) atoms. The van der Waals surface area contributed by atoms with Gasteiger partial charge in [0.25, 0.3) is 0 Å². The summed E-state index contributed by atoms with van der Waals surface area (Å²) >= 11 is 1.65. The molecule has 5 nitrogen and oxygen atoms in total. The fourth-order valence-corrected chi connectivity index (χ4v) is 4.38. The van der Waals surface area contributed by atoms with Gasteiger partial charge in [-0.05, 0) is 24.5 Å². The molecule has 0 aliphatic carbocycles. The maximum atomic E-state index is 9.05. The molecule has 0 saturated heterocycles. The Morgan fingerprint density at radius 2 is 2.08 bits per heavy atom. The highest BCUT2D eigenvalue weighted by Crippen LogP contribution is 2.36. The van der Waals surface area contributed by atoms with E-state index in [2.05, 4.69) is 50.9 Å².